The second kappa shape index (κ2) is 6.51. The Bertz CT molecular complexity index is 410. The number of rotatable bonds is 4. The summed E-state index contributed by atoms with van der Waals surface area (Å²) in [4.78, 5) is 13.9. The largest absolute Gasteiger partial charge is 0.487 e. The molecule has 2 atom stereocenters. The average Bonchev–Trinajstić information content (AvgIpc) is 2.82. The molecule has 0 bridgehead atoms. The summed E-state index contributed by atoms with van der Waals surface area (Å²) in [5, 5.41) is 13.9. The molecule has 1 aromatic heterocycles. The third-order valence-corrected chi connectivity index (χ3v) is 2.90. The molecule has 6 nitrogen and oxygen atoms in total. The zero-order chi connectivity index (χ0) is 12.3. The van der Waals surface area contributed by atoms with Crippen molar-refractivity contribution in [2.75, 3.05) is 6.54 Å². The van der Waals surface area contributed by atoms with Gasteiger partial charge in [-0.25, -0.2) is 0 Å². The second-order valence-corrected chi connectivity index (χ2v) is 4.16. The van der Waals surface area contributed by atoms with Crippen LogP contribution in [0, 0.1) is 10.1 Å². The molecule has 100 valence electrons. The first-order valence-electron chi connectivity index (χ1n) is 5.66. The SMILES string of the molecule is CC(Oc1cncc([N+](=O)[O-])c1)[C@@H]1CCCN1.Cl. The highest BCUT2D eigenvalue weighted by molar-refractivity contribution is 5.85. The monoisotopic (exact) mass is 273 g/mol. The van der Waals surface area contributed by atoms with Crippen LogP contribution in [0.15, 0.2) is 18.5 Å². The first kappa shape index (κ1) is 14.7. The van der Waals surface area contributed by atoms with Gasteiger partial charge in [0.25, 0.3) is 5.69 Å². The summed E-state index contributed by atoms with van der Waals surface area (Å²) in [5.74, 6) is 0.445. The van der Waals surface area contributed by atoms with Crippen LogP contribution in [0.4, 0.5) is 5.69 Å². The van der Waals surface area contributed by atoms with Gasteiger partial charge in [-0.1, -0.05) is 0 Å². The maximum Gasteiger partial charge on any atom is 0.291 e. The molecule has 1 aromatic rings. The predicted molar refractivity (Wildman–Crippen MR) is 69.3 cm³/mol. The molecule has 2 rings (SSSR count). The van der Waals surface area contributed by atoms with Crippen LogP contribution in [-0.4, -0.2) is 28.6 Å². The van der Waals surface area contributed by atoms with Gasteiger partial charge in [0.1, 0.15) is 18.1 Å². The van der Waals surface area contributed by atoms with Crippen LogP contribution in [0.1, 0.15) is 19.8 Å². The highest BCUT2D eigenvalue weighted by Gasteiger charge is 2.22. The van der Waals surface area contributed by atoms with Crippen molar-refractivity contribution in [1.29, 1.82) is 0 Å². The van der Waals surface area contributed by atoms with Gasteiger partial charge >= 0.3 is 0 Å². The number of hydrogen-bond donors (Lipinski definition) is 1. The molecule has 2 heterocycles. The van der Waals surface area contributed by atoms with Crippen molar-refractivity contribution in [2.24, 2.45) is 0 Å². The predicted octanol–water partition coefficient (Wildman–Crippen LogP) is 1.93. The Kier molecular flexibility index (Phi) is 5.30. The summed E-state index contributed by atoms with van der Waals surface area (Å²) < 4.78 is 5.66. The summed E-state index contributed by atoms with van der Waals surface area (Å²) in [6.07, 6.45) is 4.92. The Hall–Kier alpha value is -1.40. The maximum absolute atomic E-state index is 10.6. The fourth-order valence-corrected chi connectivity index (χ4v) is 1.98. The van der Waals surface area contributed by atoms with Crippen molar-refractivity contribution >= 4 is 18.1 Å². The normalized spacial score (nSPS) is 19.9. The molecule has 7 heteroatoms. The van der Waals surface area contributed by atoms with Gasteiger partial charge in [0.2, 0.25) is 0 Å². The Morgan fingerprint density at radius 3 is 3.00 bits per heavy atom. The molecule has 1 unspecified atom stereocenters. The summed E-state index contributed by atoms with van der Waals surface area (Å²) >= 11 is 0. The van der Waals surface area contributed by atoms with Gasteiger partial charge < -0.3 is 10.1 Å². The van der Waals surface area contributed by atoms with Crippen molar-refractivity contribution in [1.82, 2.24) is 10.3 Å². The van der Waals surface area contributed by atoms with Crippen LogP contribution in [0.3, 0.4) is 0 Å². The molecule has 1 saturated heterocycles. The number of pyridine rings is 1. The van der Waals surface area contributed by atoms with Gasteiger partial charge in [-0.3, -0.25) is 15.1 Å². The zero-order valence-electron chi connectivity index (χ0n) is 10.0. The number of nitrogens with zero attached hydrogens (tertiary/aromatic N) is 2. The second-order valence-electron chi connectivity index (χ2n) is 4.16. The minimum atomic E-state index is -0.474. The Balaban J connectivity index is 0.00000162. The first-order chi connectivity index (χ1) is 8.16. The molecule has 0 aliphatic carbocycles. The fourth-order valence-electron chi connectivity index (χ4n) is 1.98. The van der Waals surface area contributed by atoms with Crippen molar-refractivity contribution in [3.8, 4) is 5.75 Å². The van der Waals surface area contributed by atoms with E-state index in [9.17, 15) is 10.1 Å². The van der Waals surface area contributed by atoms with E-state index in [4.69, 9.17) is 4.74 Å². The van der Waals surface area contributed by atoms with Gasteiger partial charge in [0, 0.05) is 6.04 Å². The van der Waals surface area contributed by atoms with Crippen LogP contribution in [0.2, 0.25) is 0 Å². The van der Waals surface area contributed by atoms with E-state index in [0.717, 1.165) is 19.4 Å². The van der Waals surface area contributed by atoms with E-state index in [-0.39, 0.29) is 24.2 Å². The van der Waals surface area contributed by atoms with Crippen LogP contribution < -0.4 is 10.1 Å². The lowest BCUT2D eigenvalue weighted by Crippen LogP contribution is -2.36. The number of nitrogens with one attached hydrogen (secondary N) is 1. The van der Waals surface area contributed by atoms with E-state index >= 15 is 0 Å². The summed E-state index contributed by atoms with van der Waals surface area (Å²) in [6.45, 7) is 2.97. The minimum Gasteiger partial charge on any atom is -0.487 e. The fraction of sp³-hybridized carbons (Fsp3) is 0.545. The minimum absolute atomic E-state index is 0. The van der Waals surface area contributed by atoms with Gasteiger partial charge in [0.05, 0.1) is 17.2 Å². The van der Waals surface area contributed by atoms with E-state index in [1.807, 2.05) is 6.92 Å². The van der Waals surface area contributed by atoms with Crippen molar-refractivity contribution in [3.05, 3.63) is 28.6 Å². The highest BCUT2D eigenvalue weighted by atomic mass is 35.5. The smallest absolute Gasteiger partial charge is 0.291 e. The lowest BCUT2D eigenvalue weighted by Gasteiger charge is -2.20. The number of halogens is 1. The Labute approximate surface area is 111 Å². The van der Waals surface area contributed by atoms with Crippen molar-refractivity contribution in [3.63, 3.8) is 0 Å². The third kappa shape index (κ3) is 3.54. The van der Waals surface area contributed by atoms with Gasteiger partial charge in [-0.15, -0.1) is 12.4 Å². The standard InChI is InChI=1S/C11H15N3O3.ClH/c1-8(11-3-2-4-13-11)17-10-5-9(14(15)16)6-12-7-10;/h5-8,11,13H,2-4H2,1H3;1H/t8?,11-;/m0./s1. The topological polar surface area (TPSA) is 77.3 Å². The van der Waals surface area contributed by atoms with Crippen molar-refractivity contribution < 1.29 is 9.66 Å². The summed E-state index contributed by atoms with van der Waals surface area (Å²) in [7, 11) is 0. The summed E-state index contributed by atoms with van der Waals surface area (Å²) in [6, 6.07) is 1.72. The molecule has 0 amide bonds. The molecule has 0 spiro atoms. The van der Waals surface area contributed by atoms with E-state index < -0.39 is 4.92 Å². The molecule has 0 saturated carbocycles. The lowest BCUT2D eigenvalue weighted by molar-refractivity contribution is -0.385. The third-order valence-electron chi connectivity index (χ3n) is 2.90. The van der Waals surface area contributed by atoms with Crippen LogP contribution in [-0.2, 0) is 0 Å². The zero-order valence-corrected chi connectivity index (χ0v) is 10.9. The van der Waals surface area contributed by atoms with E-state index in [2.05, 4.69) is 10.3 Å². The molecular weight excluding hydrogens is 258 g/mol. The molecule has 18 heavy (non-hydrogen) atoms. The van der Waals surface area contributed by atoms with Crippen LogP contribution in [0.25, 0.3) is 0 Å². The highest BCUT2D eigenvalue weighted by Crippen LogP contribution is 2.20. The van der Waals surface area contributed by atoms with Crippen molar-refractivity contribution in [2.45, 2.75) is 31.9 Å². The molecule has 1 aliphatic rings. The number of nitro groups is 1. The lowest BCUT2D eigenvalue weighted by atomic mass is 10.1. The van der Waals surface area contributed by atoms with Gasteiger partial charge in [-0.05, 0) is 26.3 Å². The van der Waals surface area contributed by atoms with E-state index in [0.29, 0.717) is 11.8 Å². The number of hydrogen-bond acceptors (Lipinski definition) is 5. The first-order valence-corrected chi connectivity index (χ1v) is 5.66. The Morgan fingerprint density at radius 2 is 2.39 bits per heavy atom. The maximum atomic E-state index is 10.6. The van der Waals surface area contributed by atoms with Gasteiger partial charge in [-0.2, -0.15) is 0 Å². The van der Waals surface area contributed by atoms with E-state index in [1.54, 1.807) is 0 Å². The van der Waals surface area contributed by atoms with Crippen LogP contribution in [0.5, 0.6) is 5.75 Å². The quantitative estimate of drug-likeness (QED) is 0.670. The van der Waals surface area contributed by atoms with Gasteiger partial charge in [0.15, 0.2) is 0 Å². The van der Waals surface area contributed by atoms with E-state index in [1.165, 1.54) is 18.5 Å². The molecule has 0 aromatic carbocycles. The summed E-state index contributed by atoms with van der Waals surface area (Å²) in [5.41, 5.74) is -0.0471. The average molecular weight is 274 g/mol. The number of ether oxygens (including phenoxy) is 1. The van der Waals surface area contributed by atoms with Crippen LogP contribution >= 0.6 is 12.4 Å². The molecule has 1 aliphatic heterocycles. The molecular formula is C11H16ClN3O3. The molecule has 0 radical (unpaired) electrons. The molecule has 1 fully saturated rings. The Morgan fingerprint density at radius 1 is 1.61 bits per heavy atom. The number of aromatic nitrogens is 1. The molecule has 1 N–H and O–H groups in total.